The number of alkyl carbamates (subject to hydrolysis) is 1. The first-order valence-electron chi connectivity index (χ1n) is 21.1. The van der Waals surface area contributed by atoms with Gasteiger partial charge in [0.05, 0.1) is 13.3 Å². The van der Waals surface area contributed by atoms with Crippen molar-refractivity contribution in [2.24, 2.45) is 0 Å². The van der Waals surface area contributed by atoms with Crippen LogP contribution in [-0.4, -0.2) is 64.3 Å². The zero-order chi connectivity index (χ0) is 35.7. The molecule has 6 nitrogen and oxygen atoms in total. The van der Waals surface area contributed by atoms with Crippen LogP contribution < -0.4 is 5.32 Å². The van der Waals surface area contributed by atoms with Crippen LogP contribution in [0.1, 0.15) is 194 Å². The first-order chi connectivity index (χ1) is 24.1. The Labute approximate surface area is 305 Å². The van der Waals surface area contributed by atoms with Crippen LogP contribution in [0.4, 0.5) is 4.79 Å². The average molecular weight is 693 g/mol. The van der Waals surface area contributed by atoms with Crippen molar-refractivity contribution < 1.29 is 19.0 Å². The van der Waals surface area contributed by atoms with E-state index in [2.05, 4.69) is 43.5 Å². The van der Waals surface area contributed by atoms with Crippen LogP contribution in [-0.2, 0) is 14.2 Å². The third-order valence-corrected chi connectivity index (χ3v) is 9.05. The van der Waals surface area contributed by atoms with Gasteiger partial charge in [0.2, 0.25) is 0 Å². The Morgan fingerprint density at radius 2 is 0.918 bits per heavy atom. The third kappa shape index (κ3) is 40.9. The standard InChI is InChI=1S/C43H84N2O4/c1-5-7-9-11-13-15-17-19-21-23-25-27-29-31-33-35-37-47-39-42(40-49-43(46)44-41-45(3)4)48-38-36-34-32-30-28-26-24-22-20-18-16-14-12-10-8-6-2/h19-22,42H,5-18,23-41H2,1-4H3,(H,44,46). The highest BCUT2D eigenvalue weighted by Crippen LogP contribution is 2.12. The minimum atomic E-state index is -0.409. The normalized spacial score (nSPS) is 12.5. The largest absolute Gasteiger partial charge is 0.447 e. The van der Waals surface area contributed by atoms with Gasteiger partial charge in [0.1, 0.15) is 12.7 Å². The molecule has 0 bridgehead atoms. The van der Waals surface area contributed by atoms with E-state index >= 15 is 0 Å². The van der Waals surface area contributed by atoms with E-state index in [1.54, 1.807) is 0 Å². The maximum absolute atomic E-state index is 12.1. The molecule has 1 N–H and O–H groups in total. The molecule has 0 aromatic rings. The van der Waals surface area contributed by atoms with Gasteiger partial charge in [-0.1, -0.05) is 154 Å². The molecule has 1 amide bonds. The lowest BCUT2D eigenvalue weighted by molar-refractivity contribution is -0.0470. The SMILES string of the molecule is CCCCCCCCC=CCCCCCCCCOCC(COC(=O)NCN(C)C)OCCCCCCCCC=CCCCCCCCC. The van der Waals surface area contributed by atoms with E-state index in [1.807, 2.05) is 19.0 Å². The van der Waals surface area contributed by atoms with Crippen LogP contribution in [0.3, 0.4) is 0 Å². The van der Waals surface area contributed by atoms with Crippen molar-refractivity contribution in [3.63, 3.8) is 0 Å². The second-order valence-electron chi connectivity index (χ2n) is 14.5. The summed E-state index contributed by atoms with van der Waals surface area (Å²) < 4.78 is 17.5. The van der Waals surface area contributed by atoms with Crippen molar-refractivity contribution in [1.29, 1.82) is 0 Å². The maximum Gasteiger partial charge on any atom is 0.408 e. The summed E-state index contributed by atoms with van der Waals surface area (Å²) in [6.07, 6.45) is 45.3. The molecular formula is C43H84N2O4. The zero-order valence-corrected chi connectivity index (χ0v) is 33.3. The lowest BCUT2D eigenvalue weighted by atomic mass is 10.1. The van der Waals surface area contributed by atoms with E-state index in [0.29, 0.717) is 19.9 Å². The Kier molecular flexibility index (Phi) is 39.9. The number of allylic oxidation sites excluding steroid dienone is 4. The number of hydrogen-bond donors (Lipinski definition) is 1. The number of rotatable bonds is 39. The maximum atomic E-state index is 12.1. The molecule has 1 atom stereocenters. The molecule has 0 aliphatic carbocycles. The molecule has 49 heavy (non-hydrogen) atoms. The Morgan fingerprint density at radius 1 is 0.531 bits per heavy atom. The molecule has 0 radical (unpaired) electrons. The number of ether oxygens (including phenoxy) is 3. The smallest absolute Gasteiger partial charge is 0.408 e. The monoisotopic (exact) mass is 693 g/mol. The van der Waals surface area contributed by atoms with Crippen LogP contribution in [0.25, 0.3) is 0 Å². The molecule has 0 aromatic carbocycles. The van der Waals surface area contributed by atoms with Gasteiger partial charge in [-0.15, -0.1) is 0 Å². The van der Waals surface area contributed by atoms with Gasteiger partial charge in [0, 0.05) is 13.2 Å². The Balaban J connectivity index is 3.89. The second-order valence-corrected chi connectivity index (χ2v) is 14.5. The number of nitrogens with zero attached hydrogens (tertiary/aromatic N) is 1. The molecule has 290 valence electrons. The lowest BCUT2D eigenvalue weighted by Crippen LogP contribution is -2.36. The number of amides is 1. The number of carbonyl (C=O) groups is 1. The summed E-state index contributed by atoms with van der Waals surface area (Å²) in [5, 5.41) is 2.75. The van der Waals surface area contributed by atoms with Crippen molar-refractivity contribution in [3.8, 4) is 0 Å². The molecule has 0 rings (SSSR count). The molecule has 0 fully saturated rings. The van der Waals surface area contributed by atoms with E-state index < -0.39 is 6.09 Å². The first kappa shape index (κ1) is 47.6. The molecular weight excluding hydrogens is 608 g/mol. The first-order valence-corrected chi connectivity index (χ1v) is 21.1. The van der Waals surface area contributed by atoms with Crippen molar-refractivity contribution in [1.82, 2.24) is 10.2 Å². The van der Waals surface area contributed by atoms with Gasteiger partial charge in [0.25, 0.3) is 0 Å². The molecule has 6 heteroatoms. The summed E-state index contributed by atoms with van der Waals surface area (Å²) in [5.41, 5.74) is 0. The highest BCUT2D eigenvalue weighted by atomic mass is 16.6. The van der Waals surface area contributed by atoms with Crippen LogP contribution in [0, 0.1) is 0 Å². The van der Waals surface area contributed by atoms with Gasteiger partial charge >= 0.3 is 6.09 Å². The van der Waals surface area contributed by atoms with Crippen molar-refractivity contribution >= 4 is 6.09 Å². The van der Waals surface area contributed by atoms with Crippen molar-refractivity contribution in [2.45, 2.75) is 200 Å². The molecule has 0 saturated carbocycles. The molecule has 1 unspecified atom stereocenters. The van der Waals surface area contributed by atoms with Crippen LogP contribution in [0.2, 0.25) is 0 Å². The molecule has 0 heterocycles. The molecule has 0 aliphatic rings. The van der Waals surface area contributed by atoms with E-state index in [9.17, 15) is 4.79 Å². The summed E-state index contributed by atoms with van der Waals surface area (Å²) >= 11 is 0. The predicted octanol–water partition coefficient (Wildman–Crippen LogP) is 12.7. The summed E-state index contributed by atoms with van der Waals surface area (Å²) in [6.45, 7) is 7.12. The highest BCUT2D eigenvalue weighted by molar-refractivity contribution is 5.66. The minimum Gasteiger partial charge on any atom is -0.447 e. The Bertz CT molecular complexity index is 712. The fourth-order valence-corrected chi connectivity index (χ4v) is 5.85. The topological polar surface area (TPSA) is 60.0 Å². The van der Waals surface area contributed by atoms with Gasteiger partial charge < -0.3 is 19.5 Å². The summed E-state index contributed by atoms with van der Waals surface area (Å²) in [4.78, 5) is 14.0. The predicted molar refractivity (Wildman–Crippen MR) is 213 cm³/mol. The number of hydrogen-bond acceptors (Lipinski definition) is 5. The highest BCUT2D eigenvalue weighted by Gasteiger charge is 2.13. The second kappa shape index (κ2) is 41.1. The van der Waals surface area contributed by atoms with Crippen LogP contribution in [0.5, 0.6) is 0 Å². The van der Waals surface area contributed by atoms with Crippen molar-refractivity contribution in [2.75, 3.05) is 47.2 Å². The van der Waals surface area contributed by atoms with Crippen LogP contribution >= 0.6 is 0 Å². The van der Waals surface area contributed by atoms with E-state index in [-0.39, 0.29) is 12.7 Å². The molecule has 0 aliphatic heterocycles. The molecule has 0 aromatic heterocycles. The molecule has 0 saturated heterocycles. The summed E-state index contributed by atoms with van der Waals surface area (Å²) in [7, 11) is 3.82. The van der Waals surface area contributed by atoms with E-state index in [1.165, 1.54) is 167 Å². The van der Waals surface area contributed by atoms with E-state index in [0.717, 1.165) is 19.4 Å². The summed E-state index contributed by atoms with van der Waals surface area (Å²) in [5.74, 6) is 0. The fraction of sp³-hybridized carbons (Fsp3) is 0.884. The molecule has 0 spiro atoms. The van der Waals surface area contributed by atoms with Gasteiger partial charge in [-0.3, -0.25) is 4.90 Å². The van der Waals surface area contributed by atoms with Crippen molar-refractivity contribution in [3.05, 3.63) is 24.3 Å². The number of nitrogens with one attached hydrogen (secondary N) is 1. The van der Waals surface area contributed by atoms with Gasteiger partial charge in [-0.25, -0.2) is 4.79 Å². The van der Waals surface area contributed by atoms with Gasteiger partial charge in [-0.2, -0.15) is 0 Å². The van der Waals surface area contributed by atoms with Gasteiger partial charge in [0.15, 0.2) is 0 Å². The quantitative estimate of drug-likeness (QED) is 0.0395. The lowest BCUT2D eigenvalue weighted by Gasteiger charge is -2.19. The van der Waals surface area contributed by atoms with E-state index in [4.69, 9.17) is 14.2 Å². The third-order valence-electron chi connectivity index (χ3n) is 9.05. The van der Waals surface area contributed by atoms with Gasteiger partial charge in [-0.05, 0) is 78.3 Å². The average Bonchev–Trinajstić information content (AvgIpc) is 3.10. The fourth-order valence-electron chi connectivity index (χ4n) is 5.85. The zero-order valence-electron chi connectivity index (χ0n) is 33.3. The summed E-state index contributed by atoms with van der Waals surface area (Å²) in [6, 6.07) is 0. The number of carbonyl (C=O) groups excluding carboxylic acids is 1. The minimum absolute atomic E-state index is 0.220. The Hall–Kier alpha value is -1.37. The Morgan fingerprint density at radius 3 is 1.35 bits per heavy atom. The number of unbranched alkanes of at least 4 members (excludes halogenated alkanes) is 24. The van der Waals surface area contributed by atoms with Crippen LogP contribution in [0.15, 0.2) is 24.3 Å².